The molecule has 0 aliphatic heterocycles. The minimum Gasteiger partial charge on any atom is -0.440 e. The molecule has 9 heteroatoms. The first-order valence-corrected chi connectivity index (χ1v) is 8.83. The maximum Gasteiger partial charge on any atom is 0.264 e. The van der Waals surface area contributed by atoms with Crippen LogP contribution in [-0.4, -0.2) is 41.0 Å². The summed E-state index contributed by atoms with van der Waals surface area (Å²) >= 11 is 0. The Morgan fingerprint density at radius 2 is 2.05 bits per heavy atom. The van der Waals surface area contributed by atoms with Crippen LogP contribution in [0.3, 0.4) is 0 Å². The van der Waals surface area contributed by atoms with Crippen LogP contribution in [0, 0.1) is 6.92 Å². The Labute approximate surface area is 129 Å². The number of aryl methyl sites for hydroxylation is 2. The molecule has 2 heterocycles. The van der Waals surface area contributed by atoms with E-state index in [0.717, 1.165) is 37.0 Å². The van der Waals surface area contributed by atoms with Gasteiger partial charge in [0, 0.05) is 13.5 Å². The Kier molecular flexibility index (Phi) is 5.30. The molecule has 0 saturated heterocycles. The van der Waals surface area contributed by atoms with Crippen LogP contribution >= 0.6 is 0 Å². The minimum absolute atomic E-state index is 0.222. The third-order valence-corrected chi connectivity index (χ3v) is 3.85. The molecule has 0 N–H and O–H groups in total. The van der Waals surface area contributed by atoms with Gasteiger partial charge in [0.25, 0.3) is 10.1 Å². The number of rotatable bonds is 8. The number of oxazole rings is 1. The minimum atomic E-state index is -3.34. The molecule has 0 saturated carbocycles. The highest BCUT2D eigenvalue weighted by Gasteiger charge is 2.15. The summed E-state index contributed by atoms with van der Waals surface area (Å²) in [6, 6.07) is 0. The van der Waals surface area contributed by atoms with Gasteiger partial charge in [-0.15, -0.1) is 10.2 Å². The highest BCUT2D eigenvalue weighted by atomic mass is 32.2. The lowest BCUT2D eigenvalue weighted by molar-refractivity contribution is 0.310. The van der Waals surface area contributed by atoms with Gasteiger partial charge in [-0.2, -0.15) is 8.42 Å². The second-order valence-corrected chi connectivity index (χ2v) is 6.75. The van der Waals surface area contributed by atoms with Crippen LogP contribution in [0.1, 0.15) is 30.8 Å². The maximum absolute atomic E-state index is 10.8. The van der Waals surface area contributed by atoms with E-state index in [2.05, 4.69) is 15.2 Å². The first kappa shape index (κ1) is 16.6. The molecular formula is C13H20N4O4S. The lowest BCUT2D eigenvalue weighted by Crippen LogP contribution is -2.04. The first-order valence-electron chi connectivity index (χ1n) is 7.01. The second-order valence-electron chi connectivity index (χ2n) is 5.10. The average Bonchev–Trinajstić information content (AvgIpc) is 2.99. The van der Waals surface area contributed by atoms with Gasteiger partial charge in [0.2, 0.25) is 5.82 Å². The largest absolute Gasteiger partial charge is 0.440 e. The fourth-order valence-corrected chi connectivity index (χ4v) is 2.49. The average molecular weight is 328 g/mol. The van der Waals surface area contributed by atoms with Gasteiger partial charge in [-0.05, 0) is 19.8 Å². The van der Waals surface area contributed by atoms with Crippen molar-refractivity contribution in [3.63, 3.8) is 0 Å². The van der Waals surface area contributed by atoms with Crippen LogP contribution < -0.4 is 0 Å². The molecule has 8 nitrogen and oxygen atoms in total. The van der Waals surface area contributed by atoms with Crippen LogP contribution in [0.15, 0.2) is 10.8 Å². The zero-order chi connectivity index (χ0) is 16.2. The molecule has 2 aromatic heterocycles. The van der Waals surface area contributed by atoms with E-state index in [9.17, 15) is 8.42 Å². The van der Waals surface area contributed by atoms with E-state index in [1.165, 1.54) is 6.39 Å². The summed E-state index contributed by atoms with van der Waals surface area (Å²) in [5, 5.41) is 8.31. The highest BCUT2D eigenvalue weighted by Crippen LogP contribution is 2.20. The van der Waals surface area contributed by atoms with Crippen LogP contribution in [0.4, 0.5) is 0 Å². The van der Waals surface area contributed by atoms with E-state index in [1.807, 2.05) is 18.5 Å². The molecule has 2 rings (SSSR count). The van der Waals surface area contributed by atoms with Gasteiger partial charge in [0.05, 0.1) is 18.6 Å². The first-order chi connectivity index (χ1) is 10.4. The third kappa shape index (κ3) is 4.38. The zero-order valence-corrected chi connectivity index (χ0v) is 13.8. The van der Waals surface area contributed by atoms with E-state index in [4.69, 9.17) is 8.60 Å². The Hall–Kier alpha value is -1.74. The Bertz CT molecular complexity index is 720. The fraction of sp³-hybridized carbons (Fsp3) is 0.615. The Balaban J connectivity index is 1.82. The summed E-state index contributed by atoms with van der Waals surface area (Å²) in [5.41, 5.74) is 0.778. The van der Waals surface area contributed by atoms with E-state index < -0.39 is 10.1 Å². The molecule has 2 aromatic rings. The SMILES string of the molecule is Cc1ncoc1-c1nnc(CCCCCOS(C)(=O)=O)n1C. The van der Waals surface area contributed by atoms with Crippen molar-refractivity contribution in [2.45, 2.75) is 32.6 Å². The van der Waals surface area contributed by atoms with Gasteiger partial charge in [0.1, 0.15) is 5.82 Å². The molecule has 0 amide bonds. The quantitative estimate of drug-likeness (QED) is 0.534. The number of hydrogen-bond acceptors (Lipinski definition) is 7. The van der Waals surface area contributed by atoms with Gasteiger partial charge in [-0.3, -0.25) is 4.18 Å². The lowest BCUT2D eigenvalue weighted by atomic mass is 10.2. The second kappa shape index (κ2) is 7.01. The highest BCUT2D eigenvalue weighted by molar-refractivity contribution is 7.85. The molecule has 0 aromatic carbocycles. The summed E-state index contributed by atoms with van der Waals surface area (Å²) in [7, 11) is -1.45. The third-order valence-electron chi connectivity index (χ3n) is 3.26. The van der Waals surface area contributed by atoms with Gasteiger partial charge in [-0.1, -0.05) is 6.42 Å². The van der Waals surface area contributed by atoms with E-state index in [1.54, 1.807) is 0 Å². The molecular weight excluding hydrogens is 308 g/mol. The summed E-state index contributed by atoms with van der Waals surface area (Å²) in [4.78, 5) is 4.05. The summed E-state index contributed by atoms with van der Waals surface area (Å²) in [6.45, 7) is 2.08. The number of aromatic nitrogens is 4. The molecule has 0 aliphatic carbocycles. The van der Waals surface area contributed by atoms with E-state index in [-0.39, 0.29) is 6.61 Å². The van der Waals surface area contributed by atoms with Crippen molar-refractivity contribution in [2.75, 3.05) is 12.9 Å². The van der Waals surface area contributed by atoms with Crippen LogP contribution in [0.25, 0.3) is 11.6 Å². The number of nitrogens with zero attached hydrogens (tertiary/aromatic N) is 4. The zero-order valence-electron chi connectivity index (χ0n) is 12.9. The summed E-state index contributed by atoms with van der Waals surface area (Å²) in [5.74, 6) is 2.14. The normalized spacial score (nSPS) is 12.0. The topological polar surface area (TPSA) is 100 Å². The number of unbranched alkanes of at least 4 members (excludes halogenated alkanes) is 2. The molecule has 0 bridgehead atoms. The van der Waals surface area contributed by atoms with E-state index >= 15 is 0 Å². The maximum atomic E-state index is 10.8. The van der Waals surface area contributed by atoms with Crippen LogP contribution in [0.2, 0.25) is 0 Å². The molecule has 0 atom stereocenters. The Morgan fingerprint density at radius 3 is 2.68 bits per heavy atom. The molecule has 0 fully saturated rings. The molecule has 0 radical (unpaired) electrons. The Morgan fingerprint density at radius 1 is 1.27 bits per heavy atom. The van der Waals surface area contributed by atoms with Crippen LogP contribution in [-0.2, 0) is 27.8 Å². The van der Waals surface area contributed by atoms with E-state index in [0.29, 0.717) is 18.0 Å². The van der Waals surface area contributed by atoms with Crippen molar-refractivity contribution < 1.29 is 17.0 Å². The number of hydrogen-bond donors (Lipinski definition) is 0. The molecule has 0 aliphatic rings. The van der Waals surface area contributed by atoms with Crippen molar-refractivity contribution in [3.05, 3.63) is 17.9 Å². The van der Waals surface area contributed by atoms with Gasteiger partial charge < -0.3 is 8.98 Å². The van der Waals surface area contributed by atoms with Crippen molar-refractivity contribution in [1.29, 1.82) is 0 Å². The van der Waals surface area contributed by atoms with Crippen molar-refractivity contribution in [3.8, 4) is 11.6 Å². The van der Waals surface area contributed by atoms with Crippen LogP contribution in [0.5, 0.6) is 0 Å². The lowest BCUT2D eigenvalue weighted by Gasteiger charge is -2.03. The van der Waals surface area contributed by atoms with Crippen molar-refractivity contribution in [1.82, 2.24) is 19.7 Å². The molecule has 0 spiro atoms. The van der Waals surface area contributed by atoms with Gasteiger partial charge in [-0.25, -0.2) is 4.98 Å². The fourth-order valence-electron chi connectivity index (χ4n) is 2.07. The van der Waals surface area contributed by atoms with Crippen molar-refractivity contribution >= 4 is 10.1 Å². The van der Waals surface area contributed by atoms with Crippen molar-refractivity contribution in [2.24, 2.45) is 7.05 Å². The standard InChI is InChI=1S/C13H20N4O4S/c1-10-12(20-9-14-10)13-16-15-11(17(13)2)7-5-4-6-8-21-22(3,18)19/h9H,4-8H2,1-3H3. The predicted molar refractivity (Wildman–Crippen MR) is 79.6 cm³/mol. The molecule has 122 valence electrons. The molecule has 22 heavy (non-hydrogen) atoms. The summed E-state index contributed by atoms with van der Waals surface area (Å²) < 4.78 is 33.5. The monoisotopic (exact) mass is 328 g/mol. The smallest absolute Gasteiger partial charge is 0.264 e. The summed E-state index contributed by atoms with van der Waals surface area (Å²) in [6.07, 6.45) is 5.64. The molecule has 0 unspecified atom stereocenters. The van der Waals surface area contributed by atoms with Gasteiger partial charge >= 0.3 is 0 Å². The van der Waals surface area contributed by atoms with Gasteiger partial charge in [0.15, 0.2) is 12.2 Å². The predicted octanol–water partition coefficient (Wildman–Crippen LogP) is 1.47.